The summed E-state index contributed by atoms with van der Waals surface area (Å²) in [5, 5.41) is 8.34. The highest BCUT2D eigenvalue weighted by atomic mass is 15.2. The van der Waals surface area contributed by atoms with E-state index in [9.17, 15) is 0 Å². The molecule has 0 bridgehead atoms. The van der Waals surface area contributed by atoms with Crippen molar-refractivity contribution in [2.45, 2.75) is 18.9 Å². The second kappa shape index (κ2) is 7.62. The highest BCUT2D eigenvalue weighted by Crippen LogP contribution is 2.38. The molecule has 1 aromatic heterocycles. The van der Waals surface area contributed by atoms with Crippen LogP contribution in [0.5, 0.6) is 0 Å². The highest BCUT2D eigenvalue weighted by molar-refractivity contribution is 5.94. The predicted octanol–water partition coefficient (Wildman–Crippen LogP) is 5.33. The summed E-state index contributed by atoms with van der Waals surface area (Å²) in [6.07, 6.45) is 15.1. The fraction of sp³-hybridized carbons (Fsp3) is 0.222. The molecule has 2 unspecified atom stereocenters. The zero-order valence-electron chi connectivity index (χ0n) is 17.5. The van der Waals surface area contributed by atoms with Crippen molar-refractivity contribution in [3.63, 3.8) is 0 Å². The quantitative estimate of drug-likeness (QED) is 0.601. The molecule has 1 aliphatic carbocycles. The molecule has 0 saturated carbocycles. The molecule has 4 nitrogen and oxygen atoms in total. The monoisotopic (exact) mass is 406 g/mol. The summed E-state index contributed by atoms with van der Waals surface area (Å²) < 4.78 is 0. The first-order valence-corrected chi connectivity index (χ1v) is 11.1. The average molecular weight is 407 g/mol. The second-order valence-corrected chi connectivity index (χ2v) is 8.48. The fourth-order valence-corrected chi connectivity index (χ4v) is 5.09. The van der Waals surface area contributed by atoms with Gasteiger partial charge >= 0.3 is 0 Å². The van der Waals surface area contributed by atoms with Crippen LogP contribution in [0.15, 0.2) is 90.8 Å². The van der Waals surface area contributed by atoms with Gasteiger partial charge in [-0.15, -0.1) is 0 Å². The number of nitrogens with one attached hydrogen (secondary N) is 2. The van der Waals surface area contributed by atoms with Gasteiger partial charge < -0.3 is 15.5 Å². The Morgan fingerprint density at radius 1 is 1.03 bits per heavy atom. The smallest absolute Gasteiger partial charge is 0.0722 e. The molecule has 154 valence electrons. The van der Waals surface area contributed by atoms with Crippen molar-refractivity contribution in [3.05, 3.63) is 96.4 Å². The molecule has 3 heterocycles. The van der Waals surface area contributed by atoms with Crippen LogP contribution in [0.4, 0.5) is 17.1 Å². The number of pyridine rings is 1. The normalized spacial score (nSPS) is 21.0. The van der Waals surface area contributed by atoms with Gasteiger partial charge in [0.15, 0.2) is 0 Å². The van der Waals surface area contributed by atoms with Crippen molar-refractivity contribution < 1.29 is 0 Å². The molecule has 0 saturated heterocycles. The maximum atomic E-state index is 4.52. The first kappa shape index (κ1) is 18.3. The van der Waals surface area contributed by atoms with Gasteiger partial charge in [-0.25, -0.2) is 0 Å². The minimum Gasteiger partial charge on any atom is -0.385 e. The molecular formula is C27H26N4. The summed E-state index contributed by atoms with van der Waals surface area (Å²) in [4.78, 5) is 6.95. The molecule has 2 aliphatic heterocycles. The third-order valence-corrected chi connectivity index (χ3v) is 6.66. The summed E-state index contributed by atoms with van der Waals surface area (Å²) in [6.45, 7) is 1.96. The Morgan fingerprint density at radius 3 is 2.97 bits per heavy atom. The number of fused-ring (bicyclic) bond motifs is 3. The lowest BCUT2D eigenvalue weighted by Gasteiger charge is -2.21. The van der Waals surface area contributed by atoms with Crippen LogP contribution in [0, 0.1) is 5.92 Å². The van der Waals surface area contributed by atoms with Gasteiger partial charge in [-0.05, 0) is 60.5 Å². The third-order valence-electron chi connectivity index (χ3n) is 6.66. The molecule has 2 N–H and O–H groups in total. The van der Waals surface area contributed by atoms with Crippen LogP contribution in [-0.4, -0.2) is 24.1 Å². The Morgan fingerprint density at radius 2 is 1.97 bits per heavy atom. The molecule has 0 fully saturated rings. The van der Waals surface area contributed by atoms with Gasteiger partial charge in [-0.3, -0.25) is 4.98 Å². The molecule has 6 rings (SSSR count). The van der Waals surface area contributed by atoms with Crippen molar-refractivity contribution in [2.75, 3.05) is 23.3 Å². The van der Waals surface area contributed by atoms with Gasteiger partial charge in [0.05, 0.1) is 17.2 Å². The van der Waals surface area contributed by atoms with Gasteiger partial charge in [0.25, 0.3) is 0 Å². The van der Waals surface area contributed by atoms with E-state index < -0.39 is 0 Å². The minimum absolute atomic E-state index is 0.440. The van der Waals surface area contributed by atoms with Crippen LogP contribution in [0.2, 0.25) is 0 Å². The van der Waals surface area contributed by atoms with Gasteiger partial charge in [0, 0.05) is 42.0 Å². The van der Waals surface area contributed by atoms with Crippen LogP contribution in [-0.2, 0) is 6.42 Å². The van der Waals surface area contributed by atoms with E-state index in [2.05, 4.69) is 93.5 Å². The van der Waals surface area contributed by atoms with Gasteiger partial charge in [0.2, 0.25) is 0 Å². The number of para-hydroxylation sites is 1. The SMILES string of the molecule is C1=CC2NC=C(CCNc3ccc4c(c3)CCN4c3ccnc4ccccc34)C2C=C1. The molecular weight excluding hydrogens is 380 g/mol. The van der Waals surface area contributed by atoms with E-state index in [0.717, 1.165) is 31.4 Å². The lowest BCUT2D eigenvalue weighted by molar-refractivity contribution is 0.620. The third kappa shape index (κ3) is 3.28. The number of hydrogen-bond donors (Lipinski definition) is 2. The summed E-state index contributed by atoms with van der Waals surface area (Å²) >= 11 is 0. The highest BCUT2D eigenvalue weighted by Gasteiger charge is 2.26. The Kier molecular flexibility index (Phi) is 4.49. The number of nitrogens with zero attached hydrogens (tertiary/aromatic N) is 2. The van der Waals surface area contributed by atoms with Crippen molar-refractivity contribution in [1.29, 1.82) is 0 Å². The largest absolute Gasteiger partial charge is 0.385 e. The van der Waals surface area contributed by atoms with Gasteiger partial charge in [-0.2, -0.15) is 0 Å². The van der Waals surface area contributed by atoms with Gasteiger partial charge in [-0.1, -0.05) is 42.5 Å². The summed E-state index contributed by atoms with van der Waals surface area (Å²) in [5.74, 6) is 0.510. The van der Waals surface area contributed by atoms with E-state index in [0.29, 0.717) is 12.0 Å². The number of hydrogen-bond acceptors (Lipinski definition) is 4. The molecule has 0 spiro atoms. The zero-order chi connectivity index (χ0) is 20.6. The Bertz CT molecular complexity index is 1220. The van der Waals surface area contributed by atoms with Crippen LogP contribution in [0.3, 0.4) is 0 Å². The van der Waals surface area contributed by atoms with Crippen molar-refractivity contribution >= 4 is 28.0 Å². The van der Waals surface area contributed by atoms with Gasteiger partial charge in [0.1, 0.15) is 0 Å². The predicted molar refractivity (Wildman–Crippen MR) is 129 cm³/mol. The Balaban J connectivity index is 1.16. The zero-order valence-corrected chi connectivity index (χ0v) is 17.5. The van der Waals surface area contributed by atoms with E-state index in [-0.39, 0.29) is 0 Å². The topological polar surface area (TPSA) is 40.2 Å². The second-order valence-electron chi connectivity index (χ2n) is 8.48. The maximum absolute atomic E-state index is 4.52. The standard InChI is InChI=1S/C27H26N4/c1-3-7-24-22(5-1)20(18-30-24)11-14-28-21-9-10-26-19(17-21)13-16-31(26)27-12-15-29-25-8-4-2-6-23(25)27/h1-10,12,15,17-18,22,24,28,30H,11,13-14,16H2. The first-order chi connectivity index (χ1) is 15.4. The molecule has 31 heavy (non-hydrogen) atoms. The molecule has 3 aromatic rings. The molecule has 3 aliphatic rings. The summed E-state index contributed by atoms with van der Waals surface area (Å²) in [7, 11) is 0. The van der Waals surface area contributed by atoms with E-state index in [4.69, 9.17) is 0 Å². The molecule has 4 heteroatoms. The Labute approximate surface area is 183 Å². The van der Waals surface area contributed by atoms with Crippen LogP contribution in [0.1, 0.15) is 12.0 Å². The maximum Gasteiger partial charge on any atom is 0.0722 e. The number of benzene rings is 2. The van der Waals surface area contributed by atoms with E-state index in [1.807, 2.05) is 12.3 Å². The first-order valence-electron chi connectivity index (χ1n) is 11.1. The average Bonchev–Trinajstić information content (AvgIpc) is 3.43. The molecule has 2 atom stereocenters. The minimum atomic E-state index is 0.440. The molecule has 0 radical (unpaired) electrons. The van der Waals surface area contributed by atoms with Crippen molar-refractivity contribution in [2.24, 2.45) is 5.92 Å². The van der Waals surface area contributed by atoms with Crippen LogP contribution in [0.25, 0.3) is 10.9 Å². The fourth-order valence-electron chi connectivity index (χ4n) is 5.09. The van der Waals surface area contributed by atoms with E-state index in [1.165, 1.54) is 33.6 Å². The summed E-state index contributed by atoms with van der Waals surface area (Å²) in [6, 6.07) is 17.8. The van der Waals surface area contributed by atoms with Crippen LogP contribution >= 0.6 is 0 Å². The van der Waals surface area contributed by atoms with Crippen molar-refractivity contribution in [1.82, 2.24) is 10.3 Å². The molecule has 0 amide bonds. The van der Waals surface area contributed by atoms with Crippen LogP contribution < -0.4 is 15.5 Å². The van der Waals surface area contributed by atoms with E-state index >= 15 is 0 Å². The summed E-state index contributed by atoms with van der Waals surface area (Å²) in [5.41, 5.74) is 7.71. The van der Waals surface area contributed by atoms with E-state index in [1.54, 1.807) is 0 Å². The number of allylic oxidation sites excluding steroid dienone is 2. The Hall–Kier alpha value is -3.53. The lowest BCUT2D eigenvalue weighted by Crippen LogP contribution is -2.25. The molecule has 2 aromatic carbocycles. The number of rotatable bonds is 5. The lowest BCUT2D eigenvalue weighted by atomic mass is 9.90. The number of anilines is 3. The number of aromatic nitrogens is 1. The van der Waals surface area contributed by atoms with Crippen molar-refractivity contribution in [3.8, 4) is 0 Å².